The number of likely N-dealkylation sites (tertiary alicyclic amines) is 1. The van der Waals surface area contributed by atoms with Crippen LogP contribution in [0.4, 0.5) is 13.2 Å². The molecule has 2 aromatic heterocycles. The maximum atomic E-state index is 12.6. The molecular weight excluding hydrogens is 405 g/mol. The van der Waals surface area contributed by atoms with Crippen LogP contribution in [0.5, 0.6) is 0 Å². The number of carbonyl (C=O) groups is 1. The number of hydrogen-bond donors (Lipinski definition) is 0. The molecule has 3 heterocycles. The van der Waals surface area contributed by atoms with Gasteiger partial charge in [0.2, 0.25) is 5.82 Å². The first-order chi connectivity index (χ1) is 13.9. The predicted octanol–water partition coefficient (Wildman–Crippen LogP) is 4.16. The van der Waals surface area contributed by atoms with Crippen molar-refractivity contribution in [2.75, 3.05) is 13.1 Å². The molecule has 1 fully saturated rings. The molecule has 150 valence electrons. The van der Waals surface area contributed by atoms with Crippen LogP contribution in [-0.4, -0.2) is 44.3 Å². The highest BCUT2D eigenvalue weighted by atomic mass is 32.2. The number of alkyl halides is 3. The molecule has 0 saturated carbocycles. The molecular formula is C19H15F3N4O2S. The van der Waals surface area contributed by atoms with E-state index >= 15 is 0 Å². The van der Waals surface area contributed by atoms with E-state index < -0.39 is 12.1 Å². The second kappa shape index (κ2) is 7.86. The van der Waals surface area contributed by atoms with E-state index in [4.69, 9.17) is 0 Å². The first kappa shape index (κ1) is 19.4. The van der Waals surface area contributed by atoms with Crippen LogP contribution in [0.15, 0.2) is 58.2 Å². The summed E-state index contributed by atoms with van der Waals surface area (Å²) in [5.41, 5.74) is 1.06. The zero-order valence-electron chi connectivity index (χ0n) is 15.0. The second-order valence-electron chi connectivity index (χ2n) is 6.46. The highest BCUT2D eigenvalue weighted by molar-refractivity contribution is 8.00. The van der Waals surface area contributed by atoms with Crippen molar-refractivity contribution in [2.24, 2.45) is 0 Å². The van der Waals surface area contributed by atoms with Crippen LogP contribution in [0, 0.1) is 0 Å². The summed E-state index contributed by atoms with van der Waals surface area (Å²) in [6, 6.07) is 10.3. The molecule has 0 bridgehead atoms. The number of rotatable bonds is 4. The fourth-order valence-electron chi connectivity index (χ4n) is 3.02. The van der Waals surface area contributed by atoms with E-state index in [0.717, 1.165) is 11.3 Å². The number of amides is 1. The van der Waals surface area contributed by atoms with Gasteiger partial charge in [-0.15, -0.1) is 11.8 Å². The average molecular weight is 420 g/mol. The maximum absolute atomic E-state index is 12.6. The van der Waals surface area contributed by atoms with Crippen LogP contribution in [-0.2, 0) is 6.18 Å². The van der Waals surface area contributed by atoms with E-state index in [-0.39, 0.29) is 17.0 Å². The molecule has 0 spiro atoms. The summed E-state index contributed by atoms with van der Waals surface area (Å²) < 4.78 is 42.0. The molecule has 6 nitrogen and oxygen atoms in total. The lowest BCUT2D eigenvalue weighted by atomic mass is 10.2. The van der Waals surface area contributed by atoms with Crippen LogP contribution in [0.2, 0.25) is 0 Å². The first-order valence-corrected chi connectivity index (χ1v) is 9.65. The third kappa shape index (κ3) is 4.42. The summed E-state index contributed by atoms with van der Waals surface area (Å²) >= 11 is 1.63. The van der Waals surface area contributed by atoms with Gasteiger partial charge >= 0.3 is 12.1 Å². The number of thioether (sulfide) groups is 1. The molecule has 0 radical (unpaired) electrons. The van der Waals surface area contributed by atoms with Gasteiger partial charge in [-0.1, -0.05) is 5.16 Å². The molecule has 0 unspecified atom stereocenters. The number of hydrogen-bond acceptors (Lipinski definition) is 6. The average Bonchev–Trinajstić information content (AvgIpc) is 3.38. The van der Waals surface area contributed by atoms with Crippen molar-refractivity contribution in [2.45, 2.75) is 22.7 Å². The number of aromatic nitrogens is 3. The molecule has 3 aromatic rings. The lowest BCUT2D eigenvalue weighted by molar-refractivity contribution is -0.159. The normalized spacial score (nSPS) is 16.9. The zero-order valence-corrected chi connectivity index (χ0v) is 15.8. The lowest BCUT2D eigenvalue weighted by Gasteiger charge is -2.16. The number of nitrogens with zero attached hydrogens (tertiary/aromatic N) is 4. The van der Waals surface area contributed by atoms with Gasteiger partial charge in [-0.3, -0.25) is 9.78 Å². The molecule has 1 atom stereocenters. The molecule has 10 heteroatoms. The summed E-state index contributed by atoms with van der Waals surface area (Å²) in [6.45, 7) is 1.31. The minimum Gasteiger partial charge on any atom is -0.337 e. The standard InChI is InChI=1S/C19H15F3N4O2S/c20-19(21,22)18-24-16(25-28-18)12-1-3-14(4-2-12)29-15-7-10-26(11-15)17(27)13-5-8-23-9-6-13/h1-6,8-9,15H,7,10-11H2/t15-/m1/s1. The number of benzene rings is 1. The van der Waals surface area contributed by atoms with Gasteiger partial charge < -0.3 is 9.42 Å². The van der Waals surface area contributed by atoms with Crippen molar-refractivity contribution in [1.82, 2.24) is 20.0 Å². The largest absolute Gasteiger partial charge is 0.471 e. The van der Waals surface area contributed by atoms with Crippen molar-refractivity contribution in [3.05, 3.63) is 60.2 Å². The maximum Gasteiger partial charge on any atom is 0.471 e. The fourth-order valence-corrected chi connectivity index (χ4v) is 4.17. The molecule has 1 aliphatic rings. The molecule has 29 heavy (non-hydrogen) atoms. The van der Waals surface area contributed by atoms with Gasteiger partial charge in [0.15, 0.2) is 0 Å². The van der Waals surface area contributed by atoms with Crippen molar-refractivity contribution < 1.29 is 22.5 Å². The molecule has 0 N–H and O–H groups in total. The van der Waals surface area contributed by atoms with Crippen LogP contribution < -0.4 is 0 Å². The van der Waals surface area contributed by atoms with Gasteiger partial charge in [-0.2, -0.15) is 18.2 Å². The molecule has 4 rings (SSSR count). The molecule has 1 saturated heterocycles. The number of carbonyl (C=O) groups excluding carboxylic acids is 1. The summed E-state index contributed by atoms with van der Waals surface area (Å²) in [7, 11) is 0. The Bertz CT molecular complexity index is 993. The summed E-state index contributed by atoms with van der Waals surface area (Å²) in [4.78, 5) is 22.6. The predicted molar refractivity (Wildman–Crippen MR) is 99.1 cm³/mol. The van der Waals surface area contributed by atoms with Crippen LogP contribution in [0.25, 0.3) is 11.4 Å². The summed E-state index contributed by atoms with van der Waals surface area (Å²) in [5, 5.41) is 3.63. The SMILES string of the molecule is O=C(c1ccncc1)N1CC[C@@H](Sc2ccc(-c3noc(C(F)(F)F)n3)cc2)C1. The molecule has 0 aliphatic carbocycles. The van der Waals surface area contributed by atoms with Gasteiger partial charge in [0.25, 0.3) is 5.91 Å². The van der Waals surface area contributed by atoms with Crippen LogP contribution >= 0.6 is 11.8 Å². The number of pyridine rings is 1. The van der Waals surface area contributed by atoms with Crippen molar-refractivity contribution in [1.29, 1.82) is 0 Å². The first-order valence-electron chi connectivity index (χ1n) is 8.77. The van der Waals surface area contributed by atoms with Gasteiger partial charge in [0.1, 0.15) is 0 Å². The molecule has 1 aromatic carbocycles. The highest BCUT2D eigenvalue weighted by Crippen LogP contribution is 2.33. The Morgan fingerprint density at radius 2 is 1.86 bits per heavy atom. The van der Waals surface area contributed by atoms with Crippen molar-refractivity contribution in [3.8, 4) is 11.4 Å². The monoisotopic (exact) mass is 420 g/mol. The van der Waals surface area contributed by atoms with Gasteiger partial charge in [0, 0.05) is 46.8 Å². The molecule has 1 aliphatic heterocycles. The van der Waals surface area contributed by atoms with Crippen molar-refractivity contribution >= 4 is 17.7 Å². The summed E-state index contributed by atoms with van der Waals surface area (Å²) in [5.74, 6) is -1.48. The minimum absolute atomic E-state index is 0.0107. The van der Waals surface area contributed by atoms with E-state index in [0.29, 0.717) is 24.2 Å². The Kier molecular flexibility index (Phi) is 5.27. The zero-order chi connectivity index (χ0) is 20.4. The smallest absolute Gasteiger partial charge is 0.337 e. The topological polar surface area (TPSA) is 72.1 Å². The Morgan fingerprint density at radius 3 is 2.52 bits per heavy atom. The van der Waals surface area contributed by atoms with E-state index in [1.165, 1.54) is 0 Å². The Labute approximate surface area is 168 Å². The third-order valence-corrected chi connectivity index (χ3v) is 5.71. The second-order valence-corrected chi connectivity index (χ2v) is 7.83. The van der Waals surface area contributed by atoms with Crippen LogP contribution in [0.1, 0.15) is 22.7 Å². The fraction of sp³-hybridized carbons (Fsp3) is 0.263. The Morgan fingerprint density at radius 1 is 1.14 bits per heavy atom. The Balaban J connectivity index is 1.37. The summed E-state index contributed by atoms with van der Waals surface area (Å²) in [6.07, 6.45) is -0.608. The Hall–Kier alpha value is -2.88. The van der Waals surface area contributed by atoms with Crippen LogP contribution in [0.3, 0.4) is 0 Å². The van der Waals surface area contributed by atoms with Gasteiger partial charge in [-0.05, 0) is 42.8 Å². The molecule has 1 amide bonds. The van der Waals surface area contributed by atoms with E-state index in [2.05, 4.69) is 19.6 Å². The van der Waals surface area contributed by atoms with E-state index in [1.807, 2.05) is 4.90 Å². The third-order valence-electron chi connectivity index (χ3n) is 4.44. The number of halogens is 3. The van der Waals surface area contributed by atoms with E-state index in [1.54, 1.807) is 60.6 Å². The highest BCUT2D eigenvalue weighted by Gasteiger charge is 2.38. The lowest BCUT2D eigenvalue weighted by Crippen LogP contribution is -2.29. The minimum atomic E-state index is -4.66. The van der Waals surface area contributed by atoms with Gasteiger partial charge in [-0.25, -0.2) is 0 Å². The van der Waals surface area contributed by atoms with Gasteiger partial charge in [0.05, 0.1) is 0 Å². The quantitative estimate of drug-likeness (QED) is 0.631. The van der Waals surface area contributed by atoms with E-state index in [9.17, 15) is 18.0 Å². The van der Waals surface area contributed by atoms with Crippen molar-refractivity contribution in [3.63, 3.8) is 0 Å².